The number of nitrogens with two attached hydrogens (primary N) is 1. The second-order valence-corrected chi connectivity index (χ2v) is 6.08. The lowest BCUT2D eigenvalue weighted by atomic mass is 9.99. The lowest BCUT2D eigenvalue weighted by molar-refractivity contribution is 0.407. The molecule has 2 aromatic carbocycles. The van der Waals surface area contributed by atoms with Crippen molar-refractivity contribution in [2.24, 2.45) is 5.73 Å². The van der Waals surface area contributed by atoms with E-state index in [0.717, 1.165) is 21.3 Å². The molecule has 2 aromatic rings. The molecule has 4 heteroatoms. The first-order chi connectivity index (χ1) is 8.61. The molecule has 1 atom stereocenters. The van der Waals surface area contributed by atoms with Gasteiger partial charge in [-0.2, -0.15) is 0 Å². The van der Waals surface area contributed by atoms with Crippen molar-refractivity contribution in [2.75, 3.05) is 7.11 Å². The van der Waals surface area contributed by atoms with Gasteiger partial charge in [-0.25, -0.2) is 0 Å². The normalized spacial score (nSPS) is 12.2. The van der Waals surface area contributed by atoms with E-state index in [1.54, 1.807) is 7.11 Å². The lowest BCUT2D eigenvalue weighted by Gasteiger charge is -2.16. The minimum absolute atomic E-state index is 0.186. The van der Waals surface area contributed by atoms with Gasteiger partial charge in [0, 0.05) is 13.6 Å². The van der Waals surface area contributed by atoms with Crippen molar-refractivity contribution in [2.45, 2.75) is 6.04 Å². The first kappa shape index (κ1) is 13.8. The molecule has 0 heterocycles. The van der Waals surface area contributed by atoms with Crippen LogP contribution < -0.4 is 10.5 Å². The molecule has 94 valence electrons. The van der Waals surface area contributed by atoms with Gasteiger partial charge in [-0.1, -0.05) is 28.1 Å². The van der Waals surface area contributed by atoms with Crippen LogP contribution in [0.5, 0.6) is 5.75 Å². The predicted molar refractivity (Wildman–Crippen MR) is 85.9 cm³/mol. The van der Waals surface area contributed by atoms with Crippen molar-refractivity contribution in [1.29, 1.82) is 0 Å². The Kier molecular flexibility index (Phi) is 4.64. The minimum atomic E-state index is -0.186. The number of hydrogen-bond donors (Lipinski definition) is 1. The lowest BCUT2D eigenvalue weighted by Crippen LogP contribution is -2.13. The molecule has 2 rings (SSSR count). The first-order valence-corrected chi connectivity index (χ1v) is 7.33. The van der Waals surface area contributed by atoms with Gasteiger partial charge < -0.3 is 10.5 Å². The molecule has 0 spiro atoms. The van der Waals surface area contributed by atoms with E-state index in [1.165, 1.54) is 3.57 Å². The summed E-state index contributed by atoms with van der Waals surface area (Å²) in [5, 5.41) is 0. The van der Waals surface area contributed by atoms with E-state index in [4.69, 9.17) is 10.5 Å². The summed E-state index contributed by atoms with van der Waals surface area (Å²) in [6.07, 6.45) is 0. The van der Waals surface area contributed by atoms with E-state index < -0.39 is 0 Å². The third-order valence-corrected chi connectivity index (χ3v) is 3.97. The Hall–Kier alpha value is -0.590. The predicted octanol–water partition coefficient (Wildman–Crippen LogP) is 4.11. The fourth-order valence-electron chi connectivity index (χ4n) is 1.80. The molecule has 1 unspecified atom stereocenters. The van der Waals surface area contributed by atoms with Gasteiger partial charge in [-0.15, -0.1) is 0 Å². The van der Waals surface area contributed by atoms with Crippen LogP contribution in [0.1, 0.15) is 17.2 Å². The molecular weight excluding hydrogens is 405 g/mol. The van der Waals surface area contributed by atoms with E-state index in [9.17, 15) is 0 Å². The molecule has 2 nitrogen and oxygen atoms in total. The second-order valence-electron chi connectivity index (χ2n) is 3.92. The maximum Gasteiger partial charge on any atom is 0.124 e. The molecule has 0 aliphatic carbocycles. The average Bonchev–Trinajstić information content (AvgIpc) is 2.39. The summed E-state index contributed by atoms with van der Waals surface area (Å²) in [6.45, 7) is 0. The second kappa shape index (κ2) is 6.04. The first-order valence-electron chi connectivity index (χ1n) is 5.46. The zero-order valence-corrected chi connectivity index (χ0v) is 13.6. The molecule has 0 bridgehead atoms. The molecule has 0 radical (unpaired) electrons. The number of halogens is 2. The van der Waals surface area contributed by atoms with E-state index in [-0.39, 0.29) is 6.04 Å². The molecule has 0 aliphatic heterocycles. The standard InChI is InChI=1S/C14H13BrINO/c1-18-13-7-4-10(15)8-12(13)14(17)9-2-5-11(16)6-3-9/h2-8,14H,17H2,1H3. The van der Waals surface area contributed by atoms with E-state index >= 15 is 0 Å². The molecule has 0 amide bonds. The molecule has 0 saturated heterocycles. The summed E-state index contributed by atoms with van der Waals surface area (Å²) in [5.74, 6) is 0.809. The molecule has 0 aromatic heterocycles. The van der Waals surface area contributed by atoms with Gasteiger partial charge >= 0.3 is 0 Å². The number of benzene rings is 2. The number of ether oxygens (including phenoxy) is 1. The van der Waals surface area contributed by atoms with Gasteiger partial charge in [0.25, 0.3) is 0 Å². The van der Waals surface area contributed by atoms with Gasteiger partial charge in [0.05, 0.1) is 13.2 Å². The number of methoxy groups -OCH3 is 1. The largest absolute Gasteiger partial charge is 0.496 e. The molecular formula is C14H13BrINO. The van der Waals surface area contributed by atoms with Crippen LogP contribution in [-0.4, -0.2) is 7.11 Å². The van der Waals surface area contributed by atoms with Gasteiger partial charge in [-0.05, 0) is 58.5 Å². The summed E-state index contributed by atoms with van der Waals surface area (Å²) in [6, 6.07) is 13.9. The third-order valence-electron chi connectivity index (χ3n) is 2.76. The maximum absolute atomic E-state index is 6.31. The number of rotatable bonds is 3. The van der Waals surface area contributed by atoms with Crippen LogP contribution in [-0.2, 0) is 0 Å². The average molecular weight is 418 g/mol. The quantitative estimate of drug-likeness (QED) is 0.762. The van der Waals surface area contributed by atoms with Crippen molar-refractivity contribution < 1.29 is 4.74 Å². The maximum atomic E-state index is 6.31. The summed E-state index contributed by atoms with van der Waals surface area (Å²) >= 11 is 5.75. The molecule has 0 saturated carbocycles. The Morgan fingerprint density at radius 1 is 1.17 bits per heavy atom. The highest BCUT2D eigenvalue weighted by Crippen LogP contribution is 2.31. The summed E-state index contributed by atoms with van der Waals surface area (Å²) < 4.78 is 7.56. The summed E-state index contributed by atoms with van der Waals surface area (Å²) in [5.41, 5.74) is 8.36. The highest BCUT2D eigenvalue weighted by molar-refractivity contribution is 14.1. The van der Waals surface area contributed by atoms with Crippen molar-refractivity contribution in [1.82, 2.24) is 0 Å². The van der Waals surface area contributed by atoms with Crippen LogP contribution in [0.25, 0.3) is 0 Å². The fourth-order valence-corrected chi connectivity index (χ4v) is 2.54. The highest BCUT2D eigenvalue weighted by atomic mass is 127. The third kappa shape index (κ3) is 3.05. The SMILES string of the molecule is COc1ccc(Br)cc1C(N)c1ccc(I)cc1. The Morgan fingerprint density at radius 3 is 2.44 bits per heavy atom. The Morgan fingerprint density at radius 2 is 1.83 bits per heavy atom. The van der Waals surface area contributed by atoms with Crippen molar-refractivity contribution in [3.05, 3.63) is 61.6 Å². The van der Waals surface area contributed by atoms with Crippen molar-refractivity contribution >= 4 is 38.5 Å². The van der Waals surface area contributed by atoms with Crippen LogP contribution in [0.2, 0.25) is 0 Å². The van der Waals surface area contributed by atoms with Gasteiger partial charge in [0.15, 0.2) is 0 Å². The van der Waals surface area contributed by atoms with Crippen LogP contribution >= 0.6 is 38.5 Å². The topological polar surface area (TPSA) is 35.2 Å². The van der Waals surface area contributed by atoms with Gasteiger partial charge in [0.1, 0.15) is 5.75 Å². The zero-order chi connectivity index (χ0) is 13.1. The Bertz CT molecular complexity index is 542. The molecule has 0 fully saturated rings. The van der Waals surface area contributed by atoms with E-state index in [1.807, 2.05) is 30.3 Å². The highest BCUT2D eigenvalue weighted by Gasteiger charge is 2.14. The summed E-state index contributed by atoms with van der Waals surface area (Å²) in [7, 11) is 1.66. The summed E-state index contributed by atoms with van der Waals surface area (Å²) in [4.78, 5) is 0. The van der Waals surface area contributed by atoms with Crippen LogP contribution in [0, 0.1) is 3.57 Å². The van der Waals surface area contributed by atoms with Crippen LogP contribution in [0.15, 0.2) is 46.9 Å². The fraction of sp³-hybridized carbons (Fsp3) is 0.143. The van der Waals surface area contributed by atoms with E-state index in [2.05, 4.69) is 50.7 Å². The van der Waals surface area contributed by atoms with Crippen molar-refractivity contribution in [3.63, 3.8) is 0 Å². The van der Waals surface area contributed by atoms with Gasteiger partial charge in [0.2, 0.25) is 0 Å². The zero-order valence-electron chi connectivity index (χ0n) is 9.86. The van der Waals surface area contributed by atoms with Gasteiger partial charge in [-0.3, -0.25) is 0 Å². The smallest absolute Gasteiger partial charge is 0.124 e. The minimum Gasteiger partial charge on any atom is -0.496 e. The van der Waals surface area contributed by atoms with Crippen LogP contribution in [0.3, 0.4) is 0 Å². The molecule has 0 aliphatic rings. The Balaban J connectivity index is 2.41. The molecule has 2 N–H and O–H groups in total. The number of hydrogen-bond acceptors (Lipinski definition) is 2. The Labute approximate surface area is 129 Å². The monoisotopic (exact) mass is 417 g/mol. The van der Waals surface area contributed by atoms with Crippen LogP contribution in [0.4, 0.5) is 0 Å². The molecule has 18 heavy (non-hydrogen) atoms. The van der Waals surface area contributed by atoms with E-state index in [0.29, 0.717) is 0 Å². The van der Waals surface area contributed by atoms with Crippen molar-refractivity contribution in [3.8, 4) is 5.75 Å².